The van der Waals surface area contributed by atoms with Crippen LogP contribution in [0.4, 0.5) is 5.69 Å². The first-order valence-corrected chi connectivity index (χ1v) is 7.42. The third-order valence-electron chi connectivity index (χ3n) is 3.12. The largest absolute Gasteiger partial charge is 0.375 e. The van der Waals surface area contributed by atoms with E-state index in [2.05, 4.69) is 22.8 Å². The van der Waals surface area contributed by atoms with Gasteiger partial charge in [-0.05, 0) is 30.5 Å². The smallest absolute Gasteiger partial charge is 0.239 e. The van der Waals surface area contributed by atoms with Crippen LogP contribution >= 0.6 is 11.6 Å². The second kappa shape index (κ2) is 8.32. The molecule has 0 aromatic heterocycles. The van der Waals surface area contributed by atoms with E-state index < -0.39 is 0 Å². The minimum Gasteiger partial charge on any atom is -0.375 e. The Kier molecular flexibility index (Phi) is 6.10. The van der Waals surface area contributed by atoms with Gasteiger partial charge in [0.25, 0.3) is 0 Å². The second-order valence-corrected chi connectivity index (χ2v) is 5.18. The lowest BCUT2D eigenvalue weighted by Crippen LogP contribution is -2.30. The van der Waals surface area contributed by atoms with Gasteiger partial charge in [0.05, 0.1) is 17.3 Å². The number of amides is 1. The highest BCUT2D eigenvalue weighted by Gasteiger charge is 2.02. The Labute approximate surface area is 130 Å². The maximum atomic E-state index is 11.7. The number of benzene rings is 2. The summed E-state index contributed by atoms with van der Waals surface area (Å²) in [6, 6.07) is 17.6. The first kappa shape index (κ1) is 15.4. The molecule has 2 rings (SSSR count). The number of aryl methyl sites for hydroxylation is 1. The molecule has 2 aromatic rings. The van der Waals surface area contributed by atoms with Crippen molar-refractivity contribution in [3.63, 3.8) is 0 Å². The Hall–Kier alpha value is -2.00. The van der Waals surface area contributed by atoms with Crippen LogP contribution in [0.3, 0.4) is 0 Å². The quantitative estimate of drug-likeness (QED) is 0.769. The van der Waals surface area contributed by atoms with Crippen molar-refractivity contribution < 1.29 is 4.79 Å². The van der Waals surface area contributed by atoms with Crippen LogP contribution in [0.15, 0.2) is 54.6 Å². The minimum absolute atomic E-state index is 0.0250. The van der Waals surface area contributed by atoms with Gasteiger partial charge in [-0.1, -0.05) is 54.1 Å². The Balaban J connectivity index is 1.63. The Morgan fingerprint density at radius 2 is 1.71 bits per heavy atom. The van der Waals surface area contributed by atoms with Crippen LogP contribution in [-0.2, 0) is 11.2 Å². The number of hydrogen-bond donors (Lipinski definition) is 2. The molecule has 0 aliphatic heterocycles. The second-order valence-electron chi connectivity index (χ2n) is 4.77. The minimum atomic E-state index is -0.0250. The number of rotatable bonds is 7. The summed E-state index contributed by atoms with van der Waals surface area (Å²) >= 11 is 6.01. The molecule has 0 spiro atoms. The van der Waals surface area contributed by atoms with Gasteiger partial charge in [-0.15, -0.1) is 0 Å². The maximum Gasteiger partial charge on any atom is 0.239 e. The first-order valence-electron chi connectivity index (χ1n) is 7.05. The third kappa shape index (κ3) is 5.48. The van der Waals surface area contributed by atoms with Crippen molar-refractivity contribution >= 4 is 23.2 Å². The lowest BCUT2D eigenvalue weighted by Gasteiger charge is -2.09. The van der Waals surface area contributed by atoms with Crippen molar-refractivity contribution in [1.82, 2.24) is 5.32 Å². The van der Waals surface area contributed by atoms with Crippen molar-refractivity contribution in [3.8, 4) is 0 Å². The highest BCUT2D eigenvalue weighted by atomic mass is 35.5. The number of hydrogen-bond acceptors (Lipinski definition) is 2. The molecule has 1 amide bonds. The normalized spacial score (nSPS) is 10.1. The fraction of sp³-hybridized carbons (Fsp3) is 0.235. The van der Waals surface area contributed by atoms with Gasteiger partial charge < -0.3 is 10.6 Å². The molecule has 0 heterocycles. The molecule has 3 nitrogen and oxygen atoms in total. The number of halogens is 1. The van der Waals surface area contributed by atoms with Crippen LogP contribution in [0.5, 0.6) is 0 Å². The molecule has 0 atom stereocenters. The Bertz CT molecular complexity index is 572. The molecule has 0 saturated heterocycles. The molecule has 0 aliphatic rings. The lowest BCUT2D eigenvalue weighted by molar-refractivity contribution is -0.119. The molecule has 0 radical (unpaired) electrons. The summed E-state index contributed by atoms with van der Waals surface area (Å²) in [5, 5.41) is 6.55. The molecule has 4 heteroatoms. The highest BCUT2D eigenvalue weighted by Crippen LogP contribution is 2.19. The summed E-state index contributed by atoms with van der Waals surface area (Å²) in [7, 11) is 0. The van der Waals surface area contributed by atoms with Gasteiger partial charge in [-0.2, -0.15) is 0 Å². The number of carbonyl (C=O) groups excluding carboxylic acids is 1. The molecule has 0 bridgehead atoms. The molecule has 2 aromatic carbocycles. The monoisotopic (exact) mass is 302 g/mol. The SMILES string of the molecule is O=C(CNc1ccccc1Cl)NCCCc1ccccc1. The van der Waals surface area contributed by atoms with Gasteiger partial charge in [0, 0.05) is 6.54 Å². The van der Waals surface area contributed by atoms with E-state index in [0.29, 0.717) is 11.6 Å². The fourth-order valence-corrected chi connectivity index (χ4v) is 2.21. The van der Waals surface area contributed by atoms with Crippen molar-refractivity contribution in [3.05, 3.63) is 65.2 Å². The molecule has 0 saturated carbocycles. The zero-order valence-electron chi connectivity index (χ0n) is 11.8. The summed E-state index contributed by atoms with van der Waals surface area (Å²) in [5.41, 5.74) is 2.07. The summed E-state index contributed by atoms with van der Waals surface area (Å²) in [4.78, 5) is 11.7. The van der Waals surface area contributed by atoms with E-state index in [1.54, 1.807) is 6.07 Å². The standard InChI is InChI=1S/C17H19ClN2O/c18-15-10-4-5-11-16(15)20-13-17(21)19-12-6-9-14-7-2-1-3-8-14/h1-5,7-8,10-11,20H,6,9,12-13H2,(H,19,21). The van der Waals surface area contributed by atoms with Crippen LogP contribution in [0, 0.1) is 0 Å². The topological polar surface area (TPSA) is 41.1 Å². The molecule has 0 aliphatic carbocycles. The zero-order valence-corrected chi connectivity index (χ0v) is 12.6. The van der Waals surface area contributed by atoms with E-state index in [1.807, 2.05) is 36.4 Å². The predicted molar refractivity (Wildman–Crippen MR) is 87.7 cm³/mol. The fourth-order valence-electron chi connectivity index (χ4n) is 2.01. The molecule has 110 valence electrons. The van der Waals surface area contributed by atoms with E-state index in [1.165, 1.54) is 5.56 Å². The van der Waals surface area contributed by atoms with Crippen molar-refractivity contribution in [2.24, 2.45) is 0 Å². The van der Waals surface area contributed by atoms with E-state index >= 15 is 0 Å². The first-order chi connectivity index (χ1) is 10.3. The van der Waals surface area contributed by atoms with Gasteiger partial charge in [0.2, 0.25) is 5.91 Å². The molecule has 21 heavy (non-hydrogen) atoms. The number of nitrogens with one attached hydrogen (secondary N) is 2. The van der Waals surface area contributed by atoms with Crippen LogP contribution in [-0.4, -0.2) is 19.0 Å². The molecule has 0 fully saturated rings. The average Bonchev–Trinajstić information content (AvgIpc) is 2.52. The van der Waals surface area contributed by atoms with Gasteiger partial charge in [-0.25, -0.2) is 0 Å². The predicted octanol–water partition coefficient (Wildman–Crippen LogP) is 3.50. The molecular formula is C17H19ClN2O. The molecular weight excluding hydrogens is 284 g/mol. The highest BCUT2D eigenvalue weighted by molar-refractivity contribution is 6.33. The third-order valence-corrected chi connectivity index (χ3v) is 3.45. The zero-order chi connectivity index (χ0) is 14.9. The van der Waals surface area contributed by atoms with E-state index in [9.17, 15) is 4.79 Å². The van der Waals surface area contributed by atoms with Gasteiger partial charge in [-0.3, -0.25) is 4.79 Å². The van der Waals surface area contributed by atoms with Crippen molar-refractivity contribution in [2.45, 2.75) is 12.8 Å². The van der Waals surface area contributed by atoms with Crippen molar-refractivity contribution in [2.75, 3.05) is 18.4 Å². The van der Waals surface area contributed by atoms with E-state index in [-0.39, 0.29) is 12.5 Å². The van der Waals surface area contributed by atoms with Crippen LogP contribution in [0.1, 0.15) is 12.0 Å². The number of anilines is 1. The van der Waals surface area contributed by atoms with E-state index in [0.717, 1.165) is 18.5 Å². The van der Waals surface area contributed by atoms with Gasteiger partial charge in [0.15, 0.2) is 0 Å². The summed E-state index contributed by atoms with van der Waals surface area (Å²) in [5.74, 6) is -0.0250. The van der Waals surface area contributed by atoms with Gasteiger partial charge >= 0.3 is 0 Å². The number of para-hydroxylation sites is 1. The lowest BCUT2D eigenvalue weighted by atomic mass is 10.1. The molecule has 0 unspecified atom stereocenters. The summed E-state index contributed by atoms with van der Waals surface area (Å²) in [6.45, 7) is 0.910. The summed E-state index contributed by atoms with van der Waals surface area (Å²) < 4.78 is 0. The molecule has 2 N–H and O–H groups in total. The van der Waals surface area contributed by atoms with Crippen LogP contribution in [0.2, 0.25) is 5.02 Å². The average molecular weight is 303 g/mol. The van der Waals surface area contributed by atoms with Crippen molar-refractivity contribution in [1.29, 1.82) is 0 Å². The van der Waals surface area contributed by atoms with Crippen LogP contribution in [0.25, 0.3) is 0 Å². The number of carbonyl (C=O) groups is 1. The van der Waals surface area contributed by atoms with Crippen LogP contribution < -0.4 is 10.6 Å². The Morgan fingerprint density at radius 1 is 1.00 bits per heavy atom. The van der Waals surface area contributed by atoms with E-state index in [4.69, 9.17) is 11.6 Å². The maximum absolute atomic E-state index is 11.7. The summed E-state index contributed by atoms with van der Waals surface area (Å²) in [6.07, 6.45) is 1.90. The Morgan fingerprint density at radius 3 is 2.48 bits per heavy atom. The van der Waals surface area contributed by atoms with Gasteiger partial charge in [0.1, 0.15) is 0 Å².